The molecule has 0 radical (unpaired) electrons. The maximum Gasteiger partial charge on any atom is 0.108 e. The number of unbranched alkanes of at least 4 members (excludes halogenated alkanes) is 3. The summed E-state index contributed by atoms with van der Waals surface area (Å²) in [6, 6.07) is 0. The van der Waals surface area contributed by atoms with Crippen LogP contribution in [0.25, 0.3) is 0 Å². The van der Waals surface area contributed by atoms with Crippen molar-refractivity contribution < 1.29 is 5.11 Å². The second kappa shape index (κ2) is 4.24. The Kier molecular flexibility index (Phi) is 3.53. The number of aliphatic hydroxyl groups excluding tert-OH is 1. The molecule has 1 aliphatic rings. The summed E-state index contributed by atoms with van der Waals surface area (Å²) in [6.07, 6.45) is 7.96. The van der Waals surface area contributed by atoms with Gasteiger partial charge in [-0.15, -0.1) is 0 Å². The Morgan fingerprint density at radius 2 is 2.00 bits per heavy atom. The molecule has 1 fully saturated rings. The molecule has 2 heteroatoms. The second-order valence-electron chi connectivity index (χ2n) is 4.12. The van der Waals surface area contributed by atoms with Crippen LogP contribution < -0.4 is 5.73 Å². The number of hydrogen-bond donors (Lipinski definition) is 2. The van der Waals surface area contributed by atoms with Crippen LogP contribution in [0.3, 0.4) is 0 Å². The van der Waals surface area contributed by atoms with Crippen molar-refractivity contribution in [3.05, 3.63) is 0 Å². The summed E-state index contributed by atoms with van der Waals surface area (Å²) in [6.45, 7) is 2.21. The van der Waals surface area contributed by atoms with Crippen LogP contribution in [-0.2, 0) is 0 Å². The first-order valence-corrected chi connectivity index (χ1v) is 5.15. The molecule has 0 aromatic rings. The van der Waals surface area contributed by atoms with Gasteiger partial charge in [-0.1, -0.05) is 32.6 Å². The molecule has 1 aliphatic carbocycles. The van der Waals surface area contributed by atoms with E-state index in [0.29, 0.717) is 0 Å². The van der Waals surface area contributed by atoms with Crippen molar-refractivity contribution in [1.29, 1.82) is 0 Å². The minimum absolute atomic E-state index is 0.133. The average Bonchev–Trinajstić information content (AvgIpc) is 2.79. The Hall–Kier alpha value is -0.0800. The Labute approximate surface area is 75.2 Å². The largest absolute Gasteiger partial charge is 0.378 e. The Bertz CT molecular complexity index is 130. The van der Waals surface area contributed by atoms with Crippen molar-refractivity contribution in [3.63, 3.8) is 0 Å². The fourth-order valence-corrected chi connectivity index (χ4v) is 1.76. The highest BCUT2D eigenvalue weighted by Gasteiger charge is 2.46. The van der Waals surface area contributed by atoms with E-state index in [1.807, 2.05) is 0 Å². The number of rotatable bonds is 6. The van der Waals surface area contributed by atoms with Crippen molar-refractivity contribution in [2.24, 2.45) is 11.1 Å². The van der Waals surface area contributed by atoms with Crippen LogP contribution in [-0.4, -0.2) is 11.3 Å². The minimum atomic E-state index is -0.570. The molecule has 0 amide bonds. The standard InChI is InChI=1S/C10H21NO/c1-2-3-4-5-6-10(7-8-10)9(11)12/h9,12H,2-8,11H2,1H3. The Morgan fingerprint density at radius 1 is 1.33 bits per heavy atom. The van der Waals surface area contributed by atoms with Gasteiger partial charge in [0.1, 0.15) is 6.23 Å². The zero-order chi connectivity index (χ0) is 9.03. The summed E-state index contributed by atoms with van der Waals surface area (Å²) in [4.78, 5) is 0. The van der Waals surface area contributed by atoms with Gasteiger partial charge in [0.2, 0.25) is 0 Å². The fourth-order valence-electron chi connectivity index (χ4n) is 1.76. The maximum absolute atomic E-state index is 9.28. The van der Waals surface area contributed by atoms with Crippen LogP contribution in [0.2, 0.25) is 0 Å². The molecule has 0 heterocycles. The summed E-state index contributed by atoms with van der Waals surface area (Å²) in [5.41, 5.74) is 5.64. The van der Waals surface area contributed by atoms with Crippen LogP contribution in [0.5, 0.6) is 0 Å². The maximum atomic E-state index is 9.28. The van der Waals surface area contributed by atoms with Crippen LogP contribution in [0.4, 0.5) is 0 Å². The highest BCUT2D eigenvalue weighted by atomic mass is 16.3. The molecule has 1 rings (SSSR count). The SMILES string of the molecule is CCCCCCC1(C(N)O)CC1. The summed E-state index contributed by atoms with van der Waals surface area (Å²) < 4.78 is 0. The van der Waals surface area contributed by atoms with Crippen LogP contribution >= 0.6 is 0 Å². The van der Waals surface area contributed by atoms with Gasteiger partial charge in [0.25, 0.3) is 0 Å². The first-order chi connectivity index (χ1) is 5.71. The predicted octanol–water partition coefficient (Wildman–Crippen LogP) is 2.01. The van der Waals surface area contributed by atoms with Gasteiger partial charge in [-0.05, 0) is 19.3 Å². The van der Waals surface area contributed by atoms with E-state index >= 15 is 0 Å². The van der Waals surface area contributed by atoms with E-state index in [4.69, 9.17) is 5.73 Å². The molecule has 12 heavy (non-hydrogen) atoms. The van der Waals surface area contributed by atoms with E-state index in [9.17, 15) is 5.11 Å². The fraction of sp³-hybridized carbons (Fsp3) is 1.00. The van der Waals surface area contributed by atoms with Crippen LogP contribution in [0, 0.1) is 5.41 Å². The van der Waals surface area contributed by atoms with E-state index < -0.39 is 6.23 Å². The van der Waals surface area contributed by atoms with E-state index in [0.717, 1.165) is 19.3 Å². The molecule has 0 spiro atoms. The summed E-state index contributed by atoms with van der Waals surface area (Å²) in [5.74, 6) is 0. The number of aliphatic hydroxyl groups is 1. The van der Waals surface area contributed by atoms with Gasteiger partial charge in [-0.2, -0.15) is 0 Å². The van der Waals surface area contributed by atoms with E-state index in [1.165, 1.54) is 25.7 Å². The van der Waals surface area contributed by atoms with Gasteiger partial charge in [0.05, 0.1) is 0 Å². The quantitative estimate of drug-likeness (QED) is 0.474. The second-order valence-corrected chi connectivity index (χ2v) is 4.12. The van der Waals surface area contributed by atoms with E-state index in [1.54, 1.807) is 0 Å². The lowest BCUT2D eigenvalue weighted by molar-refractivity contribution is 0.0914. The van der Waals surface area contributed by atoms with Crippen molar-refractivity contribution >= 4 is 0 Å². The van der Waals surface area contributed by atoms with Gasteiger partial charge >= 0.3 is 0 Å². The smallest absolute Gasteiger partial charge is 0.108 e. The molecule has 1 saturated carbocycles. The van der Waals surface area contributed by atoms with E-state index in [-0.39, 0.29) is 5.41 Å². The molecule has 0 bridgehead atoms. The number of hydrogen-bond acceptors (Lipinski definition) is 2. The molecule has 72 valence electrons. The van der Waals surface area contributed by atoms with Crippen molar-refractivity contribution in [3.8, 4) is 0 Å². The Balaban J connectivity index is 2.06. The topological polar surface area (TPSA) is 46.2 Å². The first kappa shape index (κ1) is 10.0. The van der Waals surface area contributed by atoms with E-state index in [2.05, 4.69) is 6.92 Å². The van der Waals surface area contributed by atoms with Gasteiger partial charge in [-0.3, -0.25) is 0 Å². The third kappa shape index (κ3) is 2.46. The summed E-state index contributed by atoms with van der Waals surface area (Å²) in [7, 11) is 0. The van der Waals surface area contributed by atoms with Gasteiger partial charge in [0.15, 0.2) is 0 Å². The molecule has 1 unspecified atom stereocenters. The highest BCUT2D eigenvalue weighted by molar-refractivity contribution is 4.96. The highest BCUT2D eigenvalue weighted by Crippen LogP contribution is 2.51. The third-order valence-corrected chi connectivity index (χ3v) is 3.05. The lowest BCUT2D eigenvalue weighted by Gasteiger charge is -2.17. The van der Waals surface area contributed by atoms with Crippen molar-refractivity contribution in [2.75, 3.05) is 0 Å². The summed E-state index contributed by atoms with van der Waals surface area (Å²) in [5, 5.41) is 9.28. The minimum Gasteiger partial charge on any atom is -0.378 e. The molecule has 0 aromatic heterocycles. The first-order valence-electron chi connectivity index (χ1n) is 5.15. The lowest BCUT2D eigenvalue weighted by atomic mass is 9.96. The molecular formula is C10H21NO. The lowest BCUT2D eigenvalue weighted by Crippen LogP contribution is -2.30. The molecule has 3 N–H and O–H groups in total. The Morgan fingerprint density at radius 3 is 2.42 bits per heavy atom. The average molecular weight is 171 g/mol. The monoisotopic (exact) mass is 171 g/mol. The zero-order valence-corrected chi connectivity index (χ0v) is 8.05. The molecule has 0 aromatic carbocycles. The van der Waals surface area contributed by atoms with Gasteiger partial charge < -0.3 is 10.8 Å². The van der Waals surface area contributed by atoms with Gasteiger partial charge in [0, 0.05) is 5.41 Å². The van der Waals surface area contributed by atoms with Crippen molar-refractivity contribution in [2.45, 2.75) is 58.1 Å². The summed E-state index contributed by atoms with van der Waals surface area (Å²) >= 11 is 0. The molecule has 1 atom stereocenters. The molecule has 0 aliphatic heterocycles. The molecule has 2 nitrogen and oxygen atoms in total. The normalized spacial score (nSPS) is 22.2. The molecular weight excluding hydrogens is 150 g/mol. The van der Waals surface area contributed by atoms with Crippen LogP contribution in [0.15, 0.2) is 0 Å². The zero-order valence-electron chi connectivity index (χ0n) is 8.05. The van der Waals surface area contributed by atoms with Crippen molar-refractivity contribution in [1.82, 2.24) is 0 Å². The predicted molar refractivity (Wildman–Crippen MR) is 50.6 cm³/mol. The molecule has 0 saturated heterocycles. The number of nitrogens with two attached hydrogens (primary N) is 1. The van der Waals surface area contributed by atoms with Gasteiger partial charge in [-0.25, -0.2) is 0 Å². The third-order valence-electron chi connectivity index (χ3n) is 3.05. The van der Waals surface area contributed by atoms with Crippen LogP contribution in [0.1, 0.15) is 51.9 Å².